The van der Waals surface area contributed by atoms with Gasteiger partial charge in [-0.05, 0) is 49.1 Å². The summed E-state index contributed by atoms with van der Waals surface area (Å²) in [4.78, 5) is 28.9. The topological polar surface area (TPSA) is 49.9 Å². The molecule has 0 bridgehead atoms. The first kappa shape index (κ1) is 18.8. The van der Waals surface area contributed by atoms with E-state index in [-0.39, 0.29) is 18.4 Å². The van der Waals surface area contributed by atoms with Crippen LogP contribution >= 0.6 is 11.6 Å². The number of rotatable bonds is 5. The van der Waals surface area contributed by atoms with Gasteiger partial charge in [0.2, 0.25) is 0 Å². The molecule has 0 aromatic heterocycles. The van der Waals surface area contributed by atoms with Crippen LogP contribution < -0.4 is 4.74 Å². The Morgan fingerprint density at radius 1 is 1.04 bits per heavy atom. The summed E-state index contributed by atoms with van der Waals surface area (Å²) in [5.41, 5.74) is 2.60. The lowest BCUT2D eigenvalue weighted by Gasteiger charge is -2.30. The number of carbonyl (C=O) groups is 2. The molecule has 6 heteroatoms. The summed E-state index contributed by atoms with van der Waals surface area (Å²) in [5, 5.41) is 0.685. The van der Waals surface area contributed by atoms with Crippen molar-refractivity contribution in [1.29, 1.82) is 0 Å². The highest BCUT2D eigenvalue weighted by Gasteiger charge is 2.27. The number of fused-ring (bicyclic) bond motifs is 1. The molecule has 0 atom stereocenters. The fraction of sp³-hybridized carbons (Fsp3) is 0.364. The summed E-state index contributed by atoms with van der Waals surface area (Å²) in [6.07, 6.45) is 2.83. The highest BCUT2D eigenvalue weighted by molar-refractivity contribution is 6.30. The van der Waals surface area contributed by atoms with Gasteiger partial charge in [-0.25, -0.2) is 0 Å². The van der Waals surface area contributed by atoms with Gasteiger partial charge in [-0.2, -0.15) is 0 Å². The number of likely N-dealkylation sites (tertiary alicyclic amines) is 1. The molecule has 0 saturated carbocycles. The second kappa shape index (κ2) is 8.23. The zero-order chi connectivity index (χ0) is 19.5. The molecule has 1 saturated heterocycles. The lowest BCUT2D eigenvalue weighted by Crippen LogP contribution is -2.37. The van der Waals surface area contributed by atoms with E-state index in [0.717, 1.165) is 37.1 Å². The number of halogens is 1. The largest absolute Gasteiger partial charge is 0.483 e. The van der Waals surface area contributed by atoms with Gasteiger partial charge >= 0.3 is 0 Å². The second-order valence-electron chi connectivity index (χ2n) is 7.26. The molecule has 28 heavy (non-hydrogen) atoms. The minimum Gasteiger partial charge on any atom is -0.483 e. The third-order valence-electron chi connectivity index (χ3n) is 5.38. The normalized spacial score (nSPS) is 16.2. The third kappa shape index (κ3) is 3.99. The Morgan fingerprint density at radius 3 is 2.54 bits per heavy atom. The van der Waals surface area contributed by atoms with Crippen LogP contribution in [0.15, 0.2) is 42.5 Å². The van der Waals surface area contributed by atoms with Gasteiger partial charge in [0.15, 0.2) is 6.61 Å². The average molecular weight is 399 g/mol. The van der Waals surface area contributed by atoms with E-state index in [1.807, 2.05) is 52.3 Å². The Bertz CT molecular complexity index is 876. The van der Waals surface area contributed by atoms with Gasteiger partial charge in [0.1, 0.15) is 5.75 Å². The van der Waals surface area contributed by atoms with Crippen LogP contribution in [0.3, 0.4) is 0 Å². The van der Waals surface area contributed by atoms with Gasteiger partial charge < -0.3 is 14.5 Å². The van der Waals surface area contributed by atoms with Gasteiger partial charge in [-0.15, -0.1) is 0 Å². The highest BCUT2D eigenvalue weighted by Crippen LogP contribution is 2.29. The van der Waals surface area contributed by atoms with Crippen molar-refractivity contribution >= 4 is 23.4 Å². The van der Waals surface area contributed by atoms with Crippen molar-refractivity contribution in [2.24, 2.45) is 0 Å². The summed E-state index contributed by atoms with van der Waals surface area (Å²) >= 11 is 5.94. The predicted octanol–water partition coefficient (Wildman–Crippen LogP) is 3.54. The van der Waals surface area contributed by atoms with Crippen LogP contribution in [-0.4, -0.2) is 47.9 Å². The number of nitrogens with zero attached hydrogens (tertiary/aromatic N) is 2. The number of ether oxygens (including phenoxy) is 1. The van der Waals surface area contributed by atoms with Gasteiger partial charge in [0.25, 0.3) is 11.8 Å². The standard InChI is InChI=1S/C22H23ClN2O3/c23-17-8-6-16(7-9-17)14-25-13-10-18-19(22(25)27)4-3-5-20(18)28-15-21(26)24-11-1-2-12-24/h3-9H,1-2,10-15H2. The first-order valence-corrected chi connectivity index (χ1v) is 10.1. The first-order valence-electron chi connectivity index (χ1n) is 9.68. The van der Waals surface area contributed by atoms with Crippen molar-refractivity contribution in [3.05, 3.63) is 64.2 Å². The van der Waals surface area contributed by atoms with Crippen molar-refractivity contribution in [3.63, 3.8) is 0 Å². The fourth-order valence-electron chi connectivity index (χ4n) is 3.84. The van der Waals surface area contributed by atoms with E-state index in [1.54, 1.807) is 0 Å². The number of carbonyl (C=O) groups excluding carboxylic acids is 2. The molecule has 5 nitrogen and oxygen atoms in total. The number of benzene rings is 2. The van der Waals surface area contributed by atoms with E-state index in [1.165, 1.54) is 0 Å². The lowest BCUT2D eigenvalue weighted by atomic mass is 9.97. The zero-order valence-corrected chi connectivity index (χ0v) is 16.5. The molecular formula is C22H23ClN2O3. The second-order valence-corrected chi connectivity index (χ2v) is 7.70. The Labute approximate surface area is 169 Å². The first-order chi connectivity index (χ1) is 13.6. The van der Waals surface area contributed by atoms with Crippen LogP contribution in [0.4, 0.5) is 0 Å². The average Bonchev–Trinajstić information content (AvgIpc) is 3.25. The molecule has 0 N–H and O–H groups in total. The van der Waals surface area contributed by atoms with Crippen molar-refractivity contribution in [2.45, 2.75) is 25.8 Å². The number of hydrogen-bond donors (Lipinski definition) is 0. The van der Waals surface area contributed by atoms with Gasteiger partial charge in [-0.1, -0.05) is 29.8 Å². The number of hydrogen-bond acceptors (Lipinski definition) is 3. The maximum Gasteiger partial charge on any atom is 0.260 e. The summed E-state index contributed by atoms with van der Waals surface area (Å²) < 4.78 is 5.82. The van der Waals surface area contributed by atoms with E-state index >= 15 is 0 Å². The molecule has 4 rings (SSSR count). The maximum atomic E-state index is 13.0. The van der Waals surface area contributed by atoms with Gasteiger partial charge in [0.05, 0.1) is 0 Å². The van der Waals surface area contributed by atoms with Crippen LogP contribution in [0.25, 0.3) is 0 Å². The monoisotopic (exact) mass is 398 g/mol. The minimum atomic E-state index is -0.00693. The zero-order valence-electron chi connectivity index (χ0n) is 15.7. The molecule has 2 aliphatic rings. The van der Waals surface area contributed by atoms with Crippen LogP contribution in [0.5, 0.6) is 5.75 Å². The molecular weight excluding hydrogens is 376 g/mol. The predicted molar refractivity (Wildman–Crippen MR) is 108 cm³/mol. The molecule has 2 aromatic rings. The summed E-state index contributed by atoms with van der Waals surface area (Å²) in [6.45, 7) is 2.82. The van der Waals surface area contributed by atoms with Crippen molar-refractivity contribution in [2.75, 3.05) is 26.2 Å². The molecule has 0 unspecified atom stereocenters. The molecule has 0 aliphatic carbocycles. The van der Waals surface area contributed by atoms with Crippen LogP contribution in [-0.2, 0) is 17.8 Å². The molecule has 2 amide bonds. The van der Waals surface area contributed by atoms with E-state index in [0.29, 0.717) is 35.8 Å². The molecule has 0 radical (unpaired) electrons. The smallest absolute Gasteiger partial charge is 0.260 e. The molecule has 146 valence electrons. The fourth-order valence-corrected chi connectivity index (χ4v) is 3.96. The Morgan fingerprint density at radius 2 is 1.79 bits per heavy atom. The molecule has 2 aliphatic heterocycles. The van der Waals surface area contributed by atoms with Gasteiger partial charge in [0, 0.05) is 42.3 Å². The summed E-state index contributed by atoms with van der Waals surface area (Å²) in [7, 11) is 0. The highest BCUT2D eigenvalue weighted by atomic mass is 35.5. The number of amides is 2. The van der Waals surface area contributed by atoms with E-state index in [9.17, 15) is 9.59 Å². The van der Waals surface area contributed by atoms with Crippen molar-refractivity contribution < 1.29 is 14.3 Å². The Hall–Kier alpha value is -2.53. The molecule has 2 aromatic carbocycles. The van der Waals surface area contributed by atoms with Crippen molar-refractivity contribution in [3.8, 4) is 5.75 Å². The molecule has 1 fully saturated rings. The quantitative estimate of drug-likeness (QED) is 0.774. The van der Waals surface area contributed by atoms with Crippen LogP contribution in [0.1, 0.15) is 34.3 Å². The maximum absolute atomic E-state index is 13.0. The van der Waals surface area contributed by atoms with E-state index in [2.05, 4.69) is 0 Å². The van der Waals surface area contributed by atoms with Gasteiger partial charge in [-0.3, -0.25) is 9.59 Å². The molecule has 0 spiro atoms. The Kier molecular flexibility index (Phi) is 5.53. The summed E-state index contributed by atoms with van der Waals surface area (Å²) in [5.74, 6) is 0.652. The van der Waals surface area contributed by atoms with Crippen molar-refractivity contribution in [1.82, 2.24) is 9.80 Å². The van der Waals surface area contributed by atoms with Crippen LogP contribution in [0, 0.1) is 0 Å². The molecule has 2 heterocycles. The van der Waals surface area contributed by atoms with E-state index in [4.69, 9.17) is 16.3 Å². The Balaban J connectivity index is 1.45. The lowest BCUT2D eigenvalue weighted by molar-refractivity contribution is -0.132. The SMILES string of the molecule is O=C(COc1cccc2c1CCN(Cc1ccc(Cl)cc1)C2=O)N1CCCC1. The van der Waals surface area contributed by atoms with E-state index < -0.39 is 0 Å². The summed E-state index contributed by atoms with van der Waals surface area (Å²) in [6, 6.07) is 13.0. The van der Waals surface area contributed by atoms with Crippen LogP contribution in [0.2, 0.25) is 5.02 Å². The third-order valence-corrected chi connectivity index (χ3v) is 5.63. The minimum absolute atomic E-state index is 0.00693.